The van der Waals surface area contributed by atoms with Crippen molar-refractivity contribution in [3.05, 3.63) is 0 Å². The van der Waals surface area contributed by atoms with Crippen molar-refractivity contribution in [1.29, 1.82) is 0 Å². The third-order valence-electron chi connectivity index (χ3n) is 3.13. The molecule has 0 fully saturated rings. The minimum atomic E-state index is -0.225. The lowest BCUT2D eigenvalue weighted by Crippen LogP contribution is -2.11. The number of ether oxygens (including phenoxy) is 3. The summed E-state index contributed by atoms with van der Waals surface area (Å²) in [5.74, 6) is -0.225. The third kappa shape index (κ3) is 20.1. The Morgan fingerprint density at radius 3 is 1.64 bits per heavy atom. The van der Waals surface area contributed by atoms with Crippen LogP contribution >= 0.6 is 22.6 Å². The molecule has 0 aromatic carbocycles. The van der Waals surface area contributed by atoms with Crippen LogP contribution in [-0.2, 0) is 19.0 Å². The Morgan fingerprint density at radius 2 is 1.14 bits per heavy atom. The maximum atomic E-state index is 10.5. The van der Waals surface area contributed by atoms with E-state index in [1.54, 1.807) is 0 Å². The van der Waals surface area contributed by atoms with Crippen LogP contribution in [0, 0.1) is 0 Å². The molecule has 0 aliphatic heterocycles. The average molecular weight is 429 g/mol. The van der Waals surface area contributed by atoms with Gasteiger partial charge in [-0.2, -0.15) is 0 Å². The van der Waals surface area contributed by atoms with Crippen molar-refractivity contribution in [2.24, 2.45) is 5.73 Å². The molecular formula is C16H32INO4. The first kappa shape index (κ1) is 22.1. The molecular weight excluding hydrogens is 397 g/mol. The second-order valence-electron chi connectivity index (χ2n) is 5.22. The highest BCUT2D eigenvalue weighted by Gasteiger charge is 1.95. The minimum Gasteiger partial charge on any atom is -0.379 e. The highest BCUT2D eigenvalue weighted by molar-refractivity contribution is 14.1. The number of hydrogen-bond donors (Lipinski definition) is 1. The molecule has 0 atom stereocenters. The molecule has 5 nitrogen and oxygen atoms in total. The Labute approximate surface area is 148 Å². The highest BCUT2D eigenvalue weighted by atomic mass is 127. The summed E-state index contributed by atoms with van der Waals surface area (Å²) in [6.45, 7) is 4.09. The third-order valence-corrected chi connectivity index (χ3v) is 3.89. The molecule has 0 heterocycles. The molecule has 0 aliphatic rings. The number of carbonyl (C=O) groups is 1. The molecule has 1 amide bonds. The zero-order valence-corrected chi connectivity index (χ0v) is 15.9. The molecule has 0 rings (SSSR count). The van der Waals surface area contributed by atoms with E-state index in [9.17, 15) is 4.79 Å². The Hall–Kier alpha value is 0.0800. The van der Waals surface area contributed by atoms with E-state index in [-0.39, 0.29) is 5.91 Å². The number of primary amides is 1. The van der Waals surface area contributed by atoms with E-state index in [0.29, 0.717) is 32.8 Å². The summed E-state index contributed by atoms with van der Waals surface area (Å²) in [6, 6.07) is 0. The molecule has 0 spiro atoms. The molecule has 0 saturated carbocycles. The van der Waals surface area contributed by atoms with Crippen LogP contribution in [0.1, 0.15) is 51.4 Å². The van der Waals surface area contributed by atoms with Crippen LogP contribution in [0.15, 0.2) is 0 Å². The van der Waals surface area contributed by atoms with E-state index in [0.717, 1.165) is 38.9 Å². The van der Waals surface area contributed by atoms with Crippen molar-refractivity contribution in [2.45, 2.75) is 51.4 Å². The number of amides is 1. The van der Waals surface area contributed by atoms with Crippen LogP contribution < -0.4 is 5.73 Å². The maximum Gasteiger partial charge on any atom is 0.217 e. The van der Waals surface area contributed by atoms with Crippen LogP contribution in [0.25, 0.3) is 0 Å². The largest absolute Gasteiger partial charge is 0.379 e. The monoisotopic (exact) mass is 429 g/mol. The van der Waals surface area contributed by atoms with Gasteiger partial charge in [0.25, 0.3) is 0 Å². The first-order valence-corrected chi connectivity index (χ1v) is 9.87. The molecule has 0 aromatic heterocycles. The quantitative estimate of drug-likeness (QED) is 0.207. The Morgan fingerprint density at radius 1 is 0.682 bits per heavy atom. The van der Waals surface area contributed by atoms with Gasteiger partial charge in [-0.25, -0.2) is 0 Å². The average Bonchev–Trinajstić information content (AvgIpc) is 2.50. The van der Waals surface area contributed by atoms with Gasteiger partial charge in [-0.3, -0.25) is 4.79 Å². The van der Waals surface area contributed by atoms with Crippen LogP contribution in [0.5, 0.6) is 0 Å². The number of hydrogen-bond acceptors (Lipinski definition) is 4. The van der Waals surface area contributed by atoms with Gasteiger partial charge in [0.2, 0.25) is 5.91 Å². The van der Waals surface area contributed by atoms with Gasteiger partial charge in [0.05, 0.1) is 26.4 Å². The van der Waals surface area contributed by atoms with Gasteiger partial charge in [-0.1, -0.05) is 41.9 Å². The summed E-state index contributed by atoms with van der Waals surface area (Å²) in [5.41, 5.74) is 5.06. The van der Waals surface area contributed by atoms with Crippen LogP contribution in [0.3, 0.4) is 0 Å². The highest BCUT2D eigenvalue weighted by Crippen LogP contribution is 2.02. The summed E-state index contributed by atoms with van der Waals surface area (Å²) in [6.07, 6.45) is 8.31. The number of alkyl halides is 1. The fourth-order valence-electron chi connectivity index (χ4n) is 1.87. The van der Waals surface area contributed by atoms with Crippen molar-refractivity contribution in [3.63, 3.8) is 0 Å². The standard InChI is InChI=1S/C16H32INO4/c17-9-5-1-2-6-10-20-12-14-22-15-13-21-11-7-3-4-8-16(18)19/h1-15H2,(H2,18,19). The Kier molecular flexibility index (Phi) is 19.2. The molecule has 0 aromatic rings. The smallest absolute Gasteiger partial charge is 0.217 e. The van der Waals surface area contributed by atoms with Gasteiger partial charge in [0, 0.05) is 19.6 Å². The lowest BCUT2D eigenvalue weighted by atomic mass is 10.2. The van der Waals surface area contributed by atoms with Crippen molar-refractivity contribution in [1.82, 2.24) is 0 Å². The van der Waals surface area contributed by atoms with E-state index < -0.39 is 0 Å². The van der Waals surface area contributed by atoms with Gasteiger partial charge in [-0.05, 0) is 30.1 Å². The lowest BCUT2D eigenvalue weighted by molar-refractivity contribution is -0.118. The maximum absolute atomic E-state index is 10.5. The van der Waals surface area contributed by atoms with Crippen LogP contribution in [-0.4, -0.2) is 50.0 Å². The fraction of sp³-hybridized carbons (Fsp3) is 0.938. The molecule has 2 N–H and O–H groups in total. The SMILES string of the molecule is NC(=O)CCCCCOCCOCCOCCCCCCI. The van der Waals surface area contributed by atoms with Gasteiger partial charge in [-0.15, -0.1) is 0 Å². The van der Waals surface area contributed by atoms with Crippen molar-refractivity contribution < 1.29 is 19.0 Å². The number of unbranched alkanes of at least 4 members (excludes halogenated alkanes) is 5. The molecule has 0 bridgehead atoms. The van der Waals surface area contributed by atoms with Crippen molar-refractivity contribution in [2.75, 3.05) is 44.1 Å². The Balaban J connectivity index is 2.95. The zero-order valence-electron chi connectivity index (χ0n) is 13.7. The second kappa shape index (κ2) is 19.1. The summed E-state index contributed by atoms with van der Waals surface area (Å²) < 4.78 is 17.6. The van der Waals surface area contributed by atoms with Gasteiger partial charge >= 0.3 is 0 Å². The first-order chi connectivity index (χ1) is 10.8. The van der Waals surface area contributed by atoms with E-state index in [4.69, 9.17) is 19.9 Å². The van der Waals surface area contributed by atoms with Crippen LogP contribution in [0.4, 0.5) is 0 Å². The summed E-state index contributed by atoms with van der Waals surface area (Å²) in [7, 11) is 0. The Bertz CT molecular complexity index is 242. The number of carbonyl (C=O) groups excluding carboxylic acids is 1. The first-order valence-electron chi connectivity index (χ1n) is 8.35. The molecule has 0 saturated heterocycles. The molecule has 22 heavy (non-hydrogen) atoms. The van der Waals surface area contributed by atoms with Gasteiger partial charge < -0.3 is 19.9 Å². The molecule has 0 radical (unpaired) electrons. The summed E-state index contributed by atoms with van der Waals surface area (Å²) in [5, 5.41) is 0. The van der Waals surface area contributed by atoms with E-state index in [2.05, 4.69) is 22.6 Å². The van der Waals surface area contributed by atoms with Gasteiger partial charge in [0.1, 0.15) is 0 Å². The van der Waals surface area contributed by atoms with Gasteiger partial charge in [0.15, 0.2) is 0 Å². The number of halogens is 1. The second-order valence-corrected chi connectivity index (χ2v) is 6.30. The van der Waals surface area contributed by atoms with Crippen molar-refractivity contribution >= 4 is 28.5 Å². The zero-order chi connectivity index (χ0) is 16.3. The molecule has 132 valence electrons. The fourth-order valence-corrected chi connectivity index (χ4v) is 2.41. The van der Waals surface area contributed by atoms with E-state index in [1.165, 1.54) is 23.7 Å². The van der Waals surface area contributed by atoms with Crippen LogP contribution in [0.2, 0.25) is 0 Å². The number of rotatable bonds is 18. The predicted molar refractivity (Wildman–Crippen MR) is 97.5 cm³/mol. The van der Waals surface area contributed by atoms with Crippen molar-refractivity contribution in [3.8, 4) is 0 Å². The van der Waals surface area contributed by atoms with E-state index in [1.807, 2.05) is 0 Å². The minimum absolute atomic E-state index is 0.225. The summed E-state index contributed by atoms with van der Waals surface area (Å²) in [4.78, 5) is 10.5. The topological polar surface area (TPSA) is 70.8 Å². The molecule has 0 aliphatic carbocycles. The van der Waals surface area contributed by atoms with E-state index >= 15 is 0 Å². The summed E-state index contributed by atoms with van der Waals surface area (Å²) >= 11 is 2.42. The number of nitrogens with two attached hydrogens (primary N) is 1. The predicted octanol–water partition coefficient (Wildman–Crippen LogP) is 3.08. The normalized spacial score (nSPS) is 11.0. The molecule has 6 heteroatoms. The lowest BCUT2D eigenvalue weighted by Gasteiger charge is -2.07. The molecule has 0 unspecified atom stereocenters.